The Hall–Kier alpha value is -3.01. The van der Waals surface area contributed by atoms with E-state index in [0.717, 1.165) is 16.7 Å². The normalized spacial score (nSPS) is 10.6. The van der Waals surface area contributed by atoms with Crippen molar-refractivity contribution in [3.8, 4) is 11.5 Å². The van der Waals surface area contributed by atoms with Gasteiger partial charge in [-0.1, -0.05) is 12.7 Å². The molecular weight excluding hydrogens is 304 g/mol. The fraction of sp³-hybridized carbons (Fsp3) is 0.150. The molecule has 0 saturated heterocycles. The Bertz CT molecular complexity index is 888. The zero-order valence-electron chi connectivity index (χ0n) is 13.7. The summed E-state index contributed by atoms with van der Waals surface area (Å²) in [7, 11) is 1.59. The van der Waals surface area contributed by atoms with Gasteiger partial charge >= 0.3 is 0 Å². The molecule has 0 amide bonds. The Kier molecular flexibility index (Phi) is 4.38. The van der Waals surface area contributed by atoms with Crippen LogP contribution in [-0.4, -0.2) is 19.5 Å². The molecule has 0 N–H and O–H groups in total. The lowest BCUT2D eigenvalue weighted by Gasteiger charge is -2.02. The van der Waals surface area contributed by atoms with E-state index >= 15 is 0 Å². The molecule has 0 spiro atoms. The Balaban J connectivity index is 1.97. The van der Waals surface area contributed by atoms with Crippen molar-refractivity contribution >= 4 is 16.8 Å². The monoisotopic (exact) mass is 322 g/mol. The topological polar surface area (TPSA) is 48.7 Å². The summed E-state index contributed by atoms with van der Waals surface area (Å²) < 4.78 is 16.4. The molecule has 0 aliphatic rings. The summed E-state index contributed by atoms with van der Waals surface area (Å²) in [6, 6.07) is 12.5. The molecule has 0 fully saturated rings. The molecule has 0 saturated carbocycles. The fourth-order valence-corrected chi connectivity index (χ4v) is 2.54. The van der Waals surface area contributed by atoms with Gasteiger partial charge in [-0.15, -0.1) is 0 Å². The maximum atomic E-state index is 12.7. The number of furan rings is 1. The maximum absolute atomic E-state index is 12.7. The highest BCUT2D eigenvalue weighted by atomic mass is 16.5. The quantitative estimate of drug-likeness (QED) is 0.493. The van der Waals surface area contributed by atoms with Crippen molar-refractivity contribution in [3.63, 3.8) is 0 Å². The number of ether oxygens (including phenoxy) is 2. The summed E-state index contributed by atoms with van der Waals surface area (Å²) in [4.78, 5) is 12.7. The average molecular weight is 322 g/mol. The zero-order valence-corrected chi connectivity index (χ0v) is 13.7. The molecule has 0 atom stereocenters. The Morgan fingerprint density at radius 2 is 1.88 bits per heavy atom. The van der Waals surface area contributed by atoms with Crippen LogP contribution in [0.25, 0.3) is 11.0 Å². The van der Waals surface area contributed by atoms with E-state index in [0.29, 0.717) is 29.3 Å². The molecule has 1 aromatic heterocycles. The van der Waals surface area contributed by atoms with Gasteiger partial charge in [-0.2, -0.15) is 0 Å². The van der Waals surface area contributed by atoms with Gasteiger partial charge in [-0.25, -0.2) is 0 Å². The second-order valence-electron chi connectivity index (χ2n) is 5.37. The summed E-state index contributed by atoms with van der Waals surface area (Å²) >= 11 is 0. The Morgan fingerprint density at radius 1 is 1.17 bits per heavy atom. The van der Waals surface area contributed by atoms with Crippen LogP contribution in [0, 0.1) is 6.92 Å². The van der Waals surface area contributed by atoms with E-state index in [1.165, 1.54) is 0 Å². The van der Waals surface area contributed by atoms with Crippen LogP contribution in [0.2, 0.25) is 0 Å². The van der Waals surface area contributed by atoms with Crippen molar-refractivity contribution in [2.24, 2.45) is 0 Å². The number of ketones is 1. The number of hydrogen-bond donors (Lipinski definition) is 0. The molecule has 4 nitrogen and oxygen atoms in total. The summed E-state index contributed by atoms with van der Waals surface area (Å²) in [6.07, 6.45) is 1.69. The first-order valence-corrected chi connectivity index (χ1v) is 7.59. The van der Waals surface area contributed by atoms with Crippen LogP contribution in [0.5, 0.6) is 11.5 Å². The second kappa shape index (κ2) is 6.62. The molecular formula is C20H18O4. The minimum Gasteiger partial charge on any atom is -0.497 e. The molecule has 2 aromatic carbocycles. The number of hydrogen-bond acceptors (Lipinski definition) is 4. The van der Waals surface area contributed by atoms with Crippen molar-refractivity contribution in [1.29, 1.82) is 0 Å². The van der Waals surface area contributed by atoms with E-state index in [-0.39, 0.29) is 5.78 Å². The van der Waals surface area contributed by atoms with Gasteiger partial charge < -0.3 is 13.9 Å². The van der Waals surface area contributed by atoms with Crippen LogP contribution in [0.3, 0.4) is 0 Å². The number of methoxy groups -OCH3 is 1. The van der Waals surface area contributed by atoms with Crippen LogP contribution >= 0.6 is 0 Å². The van der Waals surface area contributed by atoms with Crippen molar-refractivity contribution < 1.29 is 18.7 Å². The largest absolute Gasteiger partial charge is 0.497 e. The van der Waals surface area contributed by atoms with Gasteiger partial charge in [-0.3, -0.25) is 4.79 Å². The third kappa shape index (κ3) is 2.91. The summed E-state index contributed by atoms with van der Waals surface area (Å²) in [5, 5.41) is 0.869. The second-order valence-corrected chi connectivity index (χ2v) is 5.37. The van der Waals surface area contributed by atoms with E-state index in [1.54, 1.807) is 37.5 Å². The molecule has 0 radical (unpaired) electrons. The lowest BCUT2D eigenvalue weighted by atomic mass is 10.0. The molecule has 1 heterocycles. The molecule has 0 aliphatic carbocycles. The van der Waals surface area contributed by atoms with Crippen LogP contribution in [-0.2, 0) is 0 Å². The van der Waals surface area contributed by atoms with Crippen LogP contribution in [0.4, 0.5) is 0 Å². The van der Waals surface area contributed by atoms with Gasteiger partial charge in [0.1, 0.15) is 23.7 Å². The first-order valence-electron chi connectivity index (χ1n) is 7.59. The molecule has 4 heteroatoms. The summed E-state index contributed by atoms with van der Waals surface area (Å²) in [5.41, 5.74) is 2.02. The number of aryl methyl sites for hydroxylation is 1. The standard InChI is InChI=1S/C20H18O4/c1-4-11-23-16-9-10-18-17(12-16)13(2)20(24-18)19(21)14-5-7-15(22-3)8-6-14/h4-10,12H,1,11H2,2-3H3. The van der Waals surface area contributed by atoms with E-state index in [2.05, 4.69) is 6.58 Å². The molecule has 122 valence electrons. The van der Waals surface area contributed by atoms with Gasteiger partial charge in [0.05, 0.1) is 7.11 Å². The predicted octanol–water partition coefficient (Wildman–Crippen LogP) is 4.55. The van der Waals surface area contributed by atoms with Crippen LogP contribution in [0.15, 0.2) is 59.5 Å². The SMILES string of the molecule is C=CCOc1ccc2oc(C(=O)c3ccc(OC)cc3)c(C)c2c1. The zero-order chi connectivity index (χ0) is 17.1. The van der Waals surface area contributed by atoms with E-state index < -0.39 is 0 Å². The summed E-state index contributed by atoms with van der Waals surface area (Å²) in [6.45, 7) is 5.94. The minimum atomic E-state index is -0.153. The fourth-order valence-electron chi connectivity index (χ4n) is 2.54. The molecule has 24 heavy (non-hydrogen) atoms. The number of carbonyl (C=O) groups excluding carboxylic acids is 1. The molecule has 0 bridgehead atoms. The average Bonchev–Trinajstić information content (AvgIpc) is 2.96. The maximum Gasteiger partial charge on any atom is 0.228 e. The lowest BCUT2D eigenvalue weighted by molar-refractivity contribution is 0.101. The third-order valence-corrected chi connectivity index (χ3v) is 3.83. The lowest BCUT2D eigenvalue weighted by Crippen LogP contribution is -2.01. The van der Waals surface area contributed by atoms with Crippen molar-refractivity contribution in [3.05, 3.63) is 72.0 Å². The van der Waals surface area contributed by atoms with Crippen molar-refractivity contribution in [2.75, 3.05) is 13.7 Å². The van der Waals surface area contributed by atoms with Crippen LogP contribution in [0.1, 0.15) is 21.7 Å². The first-order chi connectivity index (χ1) is 11.6. The number of fused-ring (bicyclic) bond motifs is 1. The first kappa shape index (κ1) is 15.9. The van der Waals surface area contributed by atoms with Gasteiger partial charge in [0.15, 0.2) is 5.76 Å². The third-order valence-electron chi connectivity index (χ3n) is 3.83. The molecule has 0 unspecified atom stereocenters. The van der Waals surface area contributed by atoms with Crippen LogP contribution < -0.4 is 9.47 Å². The predicted molar refractivity (Wildman–Crippen MR) is 93.1 cm³/mol. The minimum absolute atomic E-state index is 0.153. The molecule has 0 aliphatic heterocycles. The molecule has 3 aromatic rings. The van der Waals surface area contributed by atoms with E-state index in [1.807, 2.05) is 25.1 Å². The van der Waals surface area contributed by atoms with E-state index in [4.69, 9.17) is 13.9 Å². The highest BCUT2D eigenvalue weighted by Crippen LogP contribution is 2.30. The molecule has 3 rings (SSSR count). The number of benzene rings is 2. The number of rotatable bonds is 6. The van der Waals surface area contributed by atoms with Gasteiger partial charge in [0.2, 0.25) is 5.78 Å². The van der Waals surface area contributed by atoms with Gasteiger partial charge in [-0.05, 0) is 49.4 Å². The Morgan fingerprint density at radius 3 is 2.54 bits per heavy atom. The highest BCUT2D eigenvalue weighted by Gasteiger charge is 2.19. The van der Waals surface area contributed by atoms with Crippen molar-refractivity contribution in [1.82, 2.24) is 0 Å². The smallest absolute Gasteiger partial charge is 0.228 e. The van der Waals surface area contributed by atoms with Gasteiger partial charge in [0.25, 0.3) is 0 Å². The van der Waals surface area contributed by atoms with Crippen molar-refractivity contribution in [2.45, 2.75) is 6.92 Å². The Labute approximate surface area is 140 Å². The van der Waals surface area contributed by atoms with E-state index in [9.17, 15) is 4.79 Å². The van der Waals surface area contributed by atoms with Gasteiger partial charge in [0, 0.05) is 16.5 Å². The summed E-state index contributed by atoms with van der Waals surface area (Å²) in [5.74, 6) is 1.61. The highest BCUT2D eigenvalue weighted by molar-refractivity contribution is 6.10. The number of carbonyl (C=O) groups is 1.